The van der Waals surface area contributed by atoms with E-state index in [1.165, 1.54) is 12.1 Å². The van der Waals surface area contributed by atoms with Gasteiger partial charge in [0, 0.05) is 12.6 Å². The maximum absolute atomic E-state index is 12.5. The van der Waals surface area contributed by atoms with Gasteiger partial charge < -0.3 is 10.4 Å². The smallest absolute Gasteiger partial charge is 0.387 e. The van der Waals surface area contributed by atoms with Gasteiger partial charge in [0.25, 0.3) is 0 Å². The SMILES string of the molecule is CCC(C)CC(C)NCC(O)c1ccc(C(F)(F)F)cc1. The highest BCUT2D eigenvalue weighted by molar-refractivity contribution is 5.26. The Balaban J connectivity index is 2.50. The van der Waals surface area contributed by atoms with Gasteiger partial charge in [-0.2, -0.15) is 13.2 Å². The van der Waals surface area contributed by atoms with Crippen LogP contribution in [0.15, 0.2) is 24.3 Å². The second-order valence-electron chi connectivity index (χ2n) is 5.69. The second kappa shape index (κ2) is 7.80. The Bertz CT molecular complexity index is 417. The van der Waals surface area contributed by atoms with Crippen molar-refractivity contribution in [3.8, 4) is 0 Å². The first-order chi connectivity index (χ1) is 9.74. The number of hydrogen-bond acceptors (Lipinski definition) is 2. The molecule has 0 bridgehead atoms. The van der Waals surface area contributed by atoms with Crippen LogP contribution in [0.5, 0.6) is 0 Å². The standard InChI is InChI=1S/C16H24F3NO/c1-4-11(2)9-12(3)20-10-15(21)13-5-7-14(8-6-13)16(17,18)19/h5-8,11-12,15,20-21H,4,9-10H2,1-3H3. The summed E-state index contributed by atoms with van der Waals surface area (Å²) in [5.41, 5.74) is -0.206. The lowest BCUT2D eigenvalue weighted by Gasteiger charge is -2.20. The van der Waals surface area contributed by atoms with Gasteiger partial charge in [0.05, 0.1) is 11.7 Å². The van der Waals surface area contributed by atoms with E-state index in [1.54, 1.807) is 0 Å². The Morgan fingerprint density at radius 1 is 1.14 bits per heavy atom. The molecule has 0 saturated heterocycles. The van der Waals surface area contributed by atoms with Crippen LogP contribution in [0, 0.1) is 5.92 Å². The summed E-state index contributed by atoms with van der Waals surface area (Å²) in [6, 6.07) is 4.93. The summed E-state index contributed by atoms with van der Waals surface area (Å²) < 4.78 is 37.4. The molecule has 2 N–H and O–H groups in total. The van der Waals surface area contributed by atoms with Gasteiger partial charge in [-0.25, -0.2) is 0 Å². The molecule has 1 aromatic carbocycles. The van der Waals surface area contributed by atoms with Crippen molar-refractivity contribution in [1.29, 1.82) is 0 Å². The van der Waals surface area contributed by atoms with Crippen LogP contribution in [-0.4, -0.2) is 17.7 Å². The number of aliphatic hydroxyl groups excluding tert-OH is 1. The first-order valence-electron chi connectivity index (χ1n) is 7.32. The lowest BCUT2D eigenvalue weighted by Crippen LogP contribution is -2.31. The zero-order valence-corrected chi connectivity index (χ0v) is 12.7. The van der Waals surface area contributed by atoms with Crippen molar-refractivity contribution in [2.75, 3.05) is 6.54 Å². The lowest BCUT2D eigenvalue weighted by atomic mass is 10.00. The third-order valence-corrected chi connectivity index (χ3v) is 3.74. The number of rotatable bonds is 7. The van der Waals surface area contributed by atoms with E-state index in [2.05, 4.69) is 19.2 Å². The minimum absolute atomic E-state index is 0.268. The van der Waals surface area contributed by atoms with Gasteiger partial charge in [0.2, 0.25) is 0 Å². The highest BCUT2D eigenvalue weighted by Crippen LogP contribution is 2.29. The third-order valence-electron chi connectivity index (χ3n) is 3.74. The zero-order chi connectivity index (χ0) is 16.0. The Labute approximate surface area is 124 Å². The molecule has 0 aliphatic rings. The molecule has 1 rings (SSSR count). The van der Waals surface area contributed by atoms with Crippen molar-refractivity contribution in [1.82, 2.24) is 5.32 Å². The monoisotopic (exact) mass is 303 g/mol. The van der Waals surface area contributed by atoms with Gasteiger partial charge in [-0.3, -0.25) is 0 Å². The van der Waals surface area contributed by atoms with Crippen LogP contribution in [0.4, 0.5) is 13.2 Å². The molecule has 2 nitrogen and oxygen atoms in total. The van der Waals surface area contributed by atoms with Gasteiger partial charge in [0.1, 0.15) is 0 Å². The highest BCUT2D eigenvalue weighted by atomic mass is 19.4. The van der Waals surface area contributed by atoms with E-state index < -0.39 is 17.8 Å². The lowest BCUT2D eigenvalue weighted by molar-refractivity contribution is -0.137. The van der Waals surface area contributed by atoms with Crippen molar-refractivity contribution >= 4 is 0 Å². The molecule has 21 heavy (non-hydrogen) atoms. The summed E-state index contributed by atoms with van der Waals surface area (Å²) in [5.74, 6) is 0.607. The molecule has 5 heteroatoms. The van der Waals surface area contributed by atoms with E-state index in [4.69, 9.17) is 0 Å². The quantitative estimate of drug-likeness (QED) is 0.793. The molecular formula is C16H24F3NO. The van der Waals surface area contributed by atoms with Gasteiger partial charge >= 0.3 is 6.18 Å². The predicted octanol–water partition coefficient (Wildman–Crippen LogP) is 4.15. The Kier molecular flexibility index (Phi) is 6.68. The van der Waals surface area contributed by atoms with Crippen LogP contribution in [0.25, 0.3) is 0 Å². The van der Waals surface area contributed by atoms with E-state index in [0.29, 0.717) is 18.0 Å². The number of alkyl halides is 3. The van der Waals surface area contributed by atoms with E-state index in [0.717, 1.165) is 25.0 Å². The van der Waals surface area contributed by atoms with Crippen molar-refractivity contribution in [3.05, 3.63) is 35.4 Å². The van der Waals surface area contributed by atoms with E-state index in [-0.39, 0.29) is 6.04 Å². The number of benzene rings is 1. The van der Waals surface area contributed by atoms with Crippen LogP contribution in [0.1, 0.15) is 50.8 Å². The van der Waals surface area contributed by atoms with E-state index >= 15 is 0 Å². The normalized spacial score (nSPS) is 16.5. The molecule has 1 aromatic rings. The molecule has 0 aliphatic heterocycles. The fourth-order valence-electron chi connectivity index (χ4n) is 2.18. The van der Waals surface area contributed by atoms with Gasteiger partial charge in [-0.15, -0.1) is 0 Å². The molecule has 0 radical (unpaired) electrons. The summed E-state index contributed by atoms with van der Waals surface area (Å²) >= 11 is 0. The number of aliphatic hydroxyl groups is 1. The van der Waals surface area contributed by atoms with Crippen LogP contribution in [-0.2, 0) is 6.18 Å². The zero-order valence-electron chi connectivity index (χ0n) is 12.7. The van der Waals surface area contributed by atoms with Crippen LogP contribution < -0.4 is 5.32 Å². The first-order valence-corrected chi connectivity index (χ1v) is 7.32. The average Bonchev–Trinajstić information content (AvgIpc) is 2.43. The first kappa shape index (κ1) is 18.0. The van der Waals surface area contributed by atoms with Gasteiger partial charge in [-0.05, 0) is 37.0 Å². The van der Waals surface area contributed by atoms with E-state index in [9.17, 15) is 18.3 Å². The van der Waals surface area contributed by atoms with Crippen molar-refractivity contribution in [2.45, 2.75) is 51.9 Å². The predicted molar refractivity (Wildman–Crippen MR) is 77.9 cm³/mol. The van der Waals surface area contributed by atoms with Crippen molar-refractivity contribution in [2.24, 2.45) is 5.92 Å². The van der Waals surface area contributed by atoms with E-state index in [1.807, 2.05) is 6.92 Å². The summed E-state index contributed by atoms with van der Waals surface area (Å²) in [5, 5.41) is 13.2. The minimum Gasteiger partial charge on any atom is -0.387 e. The maximum Gasteiger partial charge on any atom is 0.416 e. The maximum atomic E-state index is 12.5. The number of hydrogen-bond donors (Lipinski definition) is 2. The summed E-state index contributed by atoms with van der Waals surface area (Å²) in [6.45, 7) is 6.69. The summed E-state index contributed by atoms with van der Waals surface area (Å²) in [6.07, 6.45) is -3.03. The number of nitrogens with one attached hydrogen (secondary N) is 1. The number of halogens is 3. The molecule has 0 aliphatic carbocycles. The highest BCUT2D eigenvalue weighted by Gasteiger charge is 2.30. The van der Waals surface area contributed by atoms with Gasteiger partial charge in [0.15, 0.2) is 0 Å². The molecule has 0 amide bonds. The van der Waals surface area contributed by atoms with Crippen LogP contribution in [0.3, 0.4) is 0 Å². The second-order valence-corrected chi connectivity index (χ2v) is 5.69. The van der Waals surface area contributed by atoms with Crippen molar-refractivity contribution < 1.29 is 18.3 Å². The molecular weight excluding hydrogens is 279 g/mol. The topological polar surface area (TPSA) is 32.3 Å². The average molecular weight is 303 g/mol. The molecule has 0 aromatic heterocycles. The molecule has 3 unspecified atom stereocenters. The summed E-state index contributed by atoms with van der Waals surface area (Å²) in [4.78, 5) is 0. The summed E-state index contributed by atoms with van der Waals surface area (Å²) in [7, 11) is 0. The van der Waals surface area contributed by atoms with Gasteiger partial charge in [-0.1, -0.05) is 32.4 Å². The molecule has 3 atom stereocenters. The van der Waals surface area contributed by atoms with Crippen LogP contribution in [0.2, 0.25) is 0 Å². The van der Waals surface area contributed by atoms with Crippen molar-refractivity contribution in [3.63, 3.8) is 0 Å². The largest absolute Gasteiger partial charge is 0.416 e. The fourth-order valence-corrected chi connectivity index (χ4v) is 2.18. The minimum atomic E-state index is -4.34. The molecule has 0 spiro atoms. The molecule has 120 valence electrons. The fraction of sp³-hybridized carbons (Fsp3) is 0.625. The molecule has 0 heterocycles. The van der Waals surface area contributed by atoms with Crippen LogP contribution >= 0.6 is 0 Å². The Hall–Kier alpha value is -1.07. The Morgan fingerprint density at radius 2 is 1.71 bits per heavy atom. The Morgan fingerprint density at radius 3 is 2.19 bits per heavy atom. The molecule has 0 saturated carbocycles. The third kappa shape index (κ3) is 6.06. The molecule has 0 fully saturated rings.